The molecule has 2 aromatic rings. The van der Waals surface area contributed by atoms with Crippen LogP contribution in [0, 0.1) is 0 Å². The average molecular weight is 860 g/mol. The summed E-state index contributed by atoms with van der Waals surface area (Å²) in [5, 5.41) is 30.1. The maximum Gasteiger partial charge on any atom is 0.435 e. The van der Waals surface area contributed by atoms with Crippen LogP contribution < -0.4 is 0 Å². The van der Waals surface area contributed by atoms with Crippen molar-refractivity contribution in [1.82, 2.24) is 0 Å². The van der Waals surface area contributed by atoms with Crippen molar-refractivity contribution >= 4 is 12.4 Å². The van der Waals surface area contributed by atoms with Crippen LogP contribution in [-0.4, -0.2) is 69.4 Å². The number of phenols is 2. The van der Waals surface area contributed by atoms with E-state index < -0.39 is 24.1 Å². The molecule has 0 bridgehead atoms. The fourth-order valence-electron chi connectivity index (χ4n) is 5.79. The standard InChI is InChI=1S/C36H54N2O2.C4HF9O.Co.H2O/c1-33(2,3)25-17-23(31(39)27(19-25)35(7,8)9)21-37-29-15-13-14-16-30(29)38-22-24-18-26(34(4,5)6)20-28(32(24)40)36(10,11)12;5-2(6,7)1(14,3(8,9)10)4(11,12)13;;/h17-22,29-30,39-40H,13-16H2,1-12H3;14H;;1H2/t29-,30-;;;/m1.../s1. The first kappa shape index (κ1) is 53.2. The third kappa shape index (κ3) is 12.6. The molecule has 0 aliphatic heterocycles. The van der Waals surface area contributed by atoms with Gasteiger partial charge in [0.05, 0.1) is 12.1 Å². The van der Waals surface area contributed by atoms with Gasteiger partial charge in [-0.3, -0.25) is 9.98 Å². The van der Waals surface area contributed by atoms with Gasteiger partial charge in [0.25, 0.3) is 0 Å². The molecule has 56 heavy (non-hydrogen) atoms. The maximum atomic E-state index is 11.4. The summed E-state index contributed by atoms with van der Waals surface area (Å²) in [6.07, 6.45) is -12.7. The van der Waals surface area contributed by atoms with E-state index in [1.807, 2.05) is 12.4 Å². The van der Waals surface area contributed by atoms with Crippen LogP contribution in [0.3, 0.4) is 0 Å². The van der Waals surface area contributed by atoms with Crippen molar-refractivity contribution in [1.29, 1.82) is 0 Å². The molecule has 2 atom stereocenters. The quantitative estimate of drug-likeness (QED) is 0.210. The van der Waals surface area contributed by atoms with Crippen LogP contribution in [0.25, 0.3) is 0 Å². The van der Waals surface area contributed by atoms with Gasteiger partial charge >= 0.3 is 24.1 Å². The van der Waals surface area contributed by atoms with Gasteiger partial charge in [0, 0.05) is 51.5 Å². The predicted molar refractivity (Wildman–Crippen MR) is 199 cm³/mol. The Kier molecular flexibility index (Phi) is 17.1. The molecule has 6 nitrogen and oxygen atoms in total. The summed E-state index contributed by atoms with van der Waals surface area (Å²) < 4.78 is 103. The summed E-state index contributed by atoms with van der Waals surface area (Å²) in [5.41, 5.74) is -1.29. The number of aliphatic hydroxyl groups is 1. The van der Waals surface area contributed by atoms with Crippen LogP contribution in [0.5, 0.6) is 11.5 Å². The Labute approximate surface area is 334 Å². The normalized spacial score (nSPS) is 18.0. The first-order valence-corrected chi connectivity index (χ1v) is 17.7. The molecule has 323 valence electrons. The van der Waals surface area contributed by atoms with Gasteiger partial charge in [-0.25, -0.2) is 0 Å². The van der Waals surface area contributed by atoms with E-state index in [-0.39, 0.29) is 56.0 Å². The van der Waals surface area contributed by atoms with Crippen molar-refractivity contribution < 1.29 is 77.1 Å². The molecule has 1 aliphatic rings. The zero-order valence-electron chi connectivity index (χ0n) is 33.9. The van der Waals surface area contributed by atoms with Crippen molar-refractivity contribution in [3.63, 3.8) is 0 Å². The molecule has 1 saturated carbocycles. The van der Waals surface area contributed by atoms with Crippen LogP contribution in [0.15, 0.2) is 34.3 Å². The molecule has 0 saturated heterocycles. The number of hydrogen-bond acceptors (Lipinski definition) is 5. The Balaban J connectivity index is 0.00000161. The molecule has 1 aliphatic carbocycles. The smallest absolute Gasteiger partial charge is 0.435 e. The van der Waals surface area contributed by atoms with Gasteiger partial charge in [-0.1, -0.05) is 108 Å². The minimum atomic E-state index is -6.87. The number of benzene rings is 2. The molecule has 1 fully saturated rings. The number of rotatable bonds is 4. The summed E-state index contributed by atoms with van der Waals surface area (Å²) in [5.74, 6) is 0.637. The van der Waals surface area contributed by atoms with E-state index in [1.165, 1.54) is 11.1 Å². The van der Waals surface area contributed by atoms with Gasteiger partial charge in [-0.15, -0.1) is 0 Å². The summed E-state index contributed by atoms with van der Waals surface area (Å²) in [6, 6.07) is 8.53. The Morgan fingerprint density at radius 3 is 0.982 bits per heavy atom. The average Bonchev–Trinajstić information content (AvgIpc) is 2.96. The van der Waals surface area contributed by atoms with E-state index in [4.69, 9.17) is 15.1 Å². The van der Waals surface area contributed by atoms with Crippen molar-refractivity contribution in [2.75, 3.05) is 0 Å². The van der Waals surface area contributed by atoms with E-state index >= 15 is 0 Å². The summed E-state index contributed by atoms with van der Waals surface area (Å²) >= 11 is 0. The number of nitrogens with zero attached hydrogens (tertiary/aromatic N) is 2. The molecule has 0 heterocycles. The fraction of sp³-hybridized carbons (Fsp3) is 0.650. The third-order valence-electron chi connectivity index (χ3n) is 9.36. The molecule has 0 unspecified atom stereocenters. The largest absolute Gasteiger partial charge is 0.507 e. The van der Waals surface area contributed by atoms with E-state index in [0.29, 0.717) is 11.5 Å². The monoisotopic (exact) mass is 859 g/mol. The van der Waals surface area contributed by atoms with Crippen LogP contribution >= 0.6 is 0 Å². The first-order chi connectivity index (χ1) is 23.9. The van der Waals surface area contributed by atoms with Crippen molar-refractivity contribution in [2.24, 2.45) is 9.98 Å². The van der Waals surface area contributed by atoms with E-state index in [2.05, 4.69) is 107 Å². The summed E-state index contributed by atoms with van der Waals surface area (Å²) in [6.45, 7) is 26.0. The number of aromatic hydroxyl groups is 2. The number of hydrogen-bond donors (Lipinski definition) is 3. The molecule has 2 aromatic carbocycles. The molecule has 16 heteroatoms. The van der Waals surface area contributed by atoms with Crippen molar-refractivity contribution in [3.8, 4) is 11.5 Å². The van der Waals surface area contributed by atoms with Gasteiger partial charge in [0.15, 0.2) is 0 Å². The van der Waals surface area contributed by atoms with Crippen LogP contribution in [0.4, 0.5) is 39.5 Å². The van der Waals surface area contributed by atoms with Gasteiger partial charge in [-0.05, 0) is 57.8 Å². The van der Waals surface area contributed by atoms with Crippen LogP contribution in [0.1, 0.15) is 142 Å². The van der Waals surface area contributed by atoms with Gasteiger partial charge in [0.1, 0.15) is 11.5 Å². The Morgan fingerprint density at radius 2 is 0.786 bits per heavy atom. The van der Waals surface area contributed by atoms with E-state index in [1.54, 1.807) is 0 Å². The first-order valence-electron chi connectivity index (χ1n) is 17.7. The second kappa shape index (κ2) is 18.0. The number of aliphatic imine (C=N–C) groups is 2. The Bertz CT molecular complexity index is 1540. The summed E-state index contributed by atoms with van der Waals surface area (Å²) in [7, 11) is 0. The molecule has 3 rings (SSSR count). The maximum absolute atomic E-state index is 11.4. The molecule has 1 radical (unpaired) electrons. The van der Waals surface area contributed by atoms with Crippen LogP contribution in [0.2, 0.25) is 0 Å². The minimum Gasteiger partial charge on any atom is -0.507 e. The van der Waals surface area contributed by atoms with E-state index in [9.17, 15) is 49.7 Å². The molecular weight excluding hydrogens is 802 g/mol. The summed E-state index contributed by atoms with van der Waals surface area (Å²) in [4.78, 5) is 10.1. The second-order valence-corrected chi connectivity index (χ2v) is 18.1. The van der Waals surface area contributed by atoms with Crippen molar-refractivity contribution in [3.05, 3.63) is 57.6 Å². The number of alkyl halides is 9. The predicted octanol–water partition coefficient (Wildman–Crippen LogP) is 10.7. The third-order valence-corrected chi connectivity index (χ3v) is 9.36. The zero-order valence-corrected chi connectivity index (χ0v) is 35.0. The Morgan fingerprint density at radius 1 is 0.518 bits per heavy atom. The molecule has 0 aromatic heterocycles. The number of phenolic OH excluding ortho intramolecular Hbond substituents is 2. The Hall–Kier alpha value is -2.82. The van der Waals surface area contributed by atoms with Gasteiger partial charge < -0.3 is 20.8 Å². The SMILES string of the molecule is CC(C)(C)c1cc(C=N[C@@H]2CCCC[C@H]2N=Cc2cc(C(C)(C)C)cc(C(C)(C)C)c2O)c(O)c(C(C)(C)C)c1.O.OC(C(F)(F)F)(C(F)(F)F)C(F)(F)F.[Co]. The zero-order chi connectivity index (χ0) is 42.3. The molecule has 0 amide bonds. The van der Waals surface area contributed by atoms with Crippen LogP contribution in [-0.2, 0) is 38.4 Å². The fourth-order valence-corrected chi connectivity index (χ4v) is 5.79. The van der Waals surface area contributed by atoms with Crippen molar-refractivity contribution in [2.45, 2.75) is 167 Å². The van der Waals surface area contributed by atoms with Gasteiger partial charge in [0.2, 0.25) is 0 Å². The molecule has 5 N–H and O–H groups in total. The molecule has 0 spiro atoms. The van der Waals surface area contributed by atoms with E-state index in [0.717, 1.165) is 47.9 Å². The molecular formula is C40H57CoF9N2O4. The minimum absolute atomic E-state index is 0. The van der Waals surface area contributed by atoms with Gasteiger partial charge in [-0.2, -0.15) is 39.5 Å². The second-order valence-electron chi connectivity index (χ2n) is 18.1. The topological polar surface area (TPSA) is 117 Å². The number of halogens is 9.